The topological polar surface area (TPSA) is 200 Å². The highest BCUT2D eigenvalue weighted by molar-refractivity contribution is 6.74. The molecule has 0 saturated carbocycles. The molecule has 7 amide bonds. The average molecular weight is 936 g/mol. The van der Waals surface area contributed by atoms with Crippen molar-refractivity contribution in [2.75, 3.05) is 35.2 Å². The highest BCUT2D eigenvalue weighted by Crippen LogP contribution is 2.39. The molecule has 0 heterocycles. The smallest absolute Gasteiger partial charge is 0.270 e. The molecule has 7 atom stereocenters. The first-order valence-electron chi connectivity index (χ1n) is 23.4. The Bertz CT molecular complexity index is 1660. The Morgan fingerprint density at radius 1 is 0.723 bits per heavy atom. The molecule has 17 heteroatoms. The zero-order chi connectivity index (χ0) is 51.2. The van der Waals surface area contributed by atoms with Gasteiger partial charge in [-0.15, -0.1) is 0 Å². The van der Waals surface area contributed by atoms with E-state index in [4.69, 9.17) is 10.2 Å². The second-order valence-corrected chi connectivity index (χ2v) is 25.9. The largest absolute Gasteiger partial charge is 0.411 e. The van der Waals surface area contributed by atoms with E-state index < -0.39 is 91.9 Å². The van der Waals surface area contributed by atoms with E-state index in [1.54, 1.807) is 34.7 Å². The van der Waals surface area contributed by atoms with Gasteiger partial charge < -0.3 is 44.8 Å². The van der Waals surface area contributed by atoms with Gasteiger partial charge in [0.05, 0.1) is 6.10 Å². The second kappa shape index (κ2) is 26.3. The third-order valence-corrected chi connectivity index (χ3v) is 17.3. The van der Waals surface area contributed by atoms with Crippen LogP contribution < -0.4 is 11.1 Å². The van der Waals surface area contributed by atoms with E-state index in [1.807, 2.05) is 75.4 Å². The predicted octanol–water partition coefficient (Wildman–Crippen LogP) is 5.45. The summed E-state index contributed by atoms with van der Waals surface area (Å²) >= 11 is 0. The van der Waals surface area contributed by atoms with Crippen molar-refractivity contribution in [1.82, 2.24) is 29.8 Å². The number of hydrogen-bond donors (Lipinski definition) is 2. The third kappa shape index (κ3) is 17.2. The summed E-state index contributed by atoms with van der Waals surface area (Å²) < 4.78 is 6.99. The van der Waals surface area contributed by atoms with E-state index in [2.05, 4.69) is 11.9 Å². The van der Waals surface area contributed by atoms with E-state index in [0.717, 1.165) is 16.1 Å². The van der Waals surface area contributed by atoms with Gasteiger partial charge in [0, 0.05) is 48.1 Å². The van der Waals surface area contributed by atoms with Crippen molar-refractivity contribution in [2.24, 2.45) is 35.3 Å². The van der Waals surface area contributed by atoms with Gasteiger partial charge in [-0.1, -0.05) is 96.6 Å². The quantitative estimate of drug-likeness (QED) is 0.0611. The van der Waals surface area contributed by atoms with Crippen LogP contribution in [0.3, 0.4) is 0 Å². The first kappa shape index (κ1) is 60.9. The van der Waals surface area contributed by atoms with Gasteiger partial charge in [0.25, 0.3) is 5.91 Å². The molecular formula is C48H89N7O9Si. The van der Waals surface area contributed by atoms with Crippen LogP contribution in [0.2, 0.25) is 18.1 Å². The molecule has 0 aromatic carbocycles. The highest BCUT2D eigenvalue weighted by Gasteiger charge is 2.48. The zero-order valence-electron chi connectivity index (χ0n) is 43.9. The summed E-state index contributed by atoms with van der Waals surface area (Å²) in [5.41, 5.74) is 5.39. The second-order valence-electron chi connectivity index (χ2n) is 21.1. The number of carbonyl (C=O) groups excluding carboxylic acids is 8. The van der Waals surface area contributed by atoms with Crippen LogP contribution in [0.5, 0.6) is 0 Å². The molecule has 0 rings (SSSR count). The van der Waals surface area contributed by atoms with E-state index in [-0.39, 0.29) is 53.7 Å². The van der Waals surface area contributed by atoms with Crippen molar-refractivity contribution in [3.8, 4) is 0 Å². The van der Waals surface area contributed by atoms with Crippen molar-refractivity contribution in [1.29, 1.82) is 0 Å². The zero-order valence-corrected chi connectivity index (χ0v) is 44.9. The molecule has 0 aliphatic heterocycles. The Morgan fingerprint density at radius 3 is 1.63 bits per heavy atom. The van der Waals surface area contributed by atoms with Gasteiger partial charge in [0.15, 0.2) is 8.32 Å². The van der Waals surface area contributed by atoms with Crippen molar-refractivity contribution in [3.63, 3.8) is 0 Å². The summed E-state index contributed by atoms with van der Waals surface area (Å²) in [6, 6.07) is -5.55. The number of nitrogens with one attached hydrogen (secondary N) is 1. The number of hydrogen-bond acceptors (Lipinski definition) is 9. The van der Waals surface area contributed by atoms with Crippen LogP contribution in [0, 0.1) is 29.6 Å². The fraction of sp³-hybridized carbons (Fsp3) is 0.792. The maximum Gasteiger partial charge on any atom is 0.270 e. The molecule has 0 unspecified atom stereocenters. The Balaban J connectivity index is 7.52. The average Bonchev–Trinajstić information content (AvgIpc) is 3.19. The van der Waals surface area contributed by atoms with Gasteiger partial charge in [-0.05, 0) is 73.4 Å². The Hall–Kier alpha value is -4.12. The van der Waals surface area contributed by atoms with Crippen LogP contribution in [0.25, 0.3) is 0 Å². The number of amides is 7. The standard InChI is InChI=1S/C48H89N7O9Si/c1-22-35(45(61)51(15)34(11)44(60)53(17)36(42(49)58)27-30(4)5)50-43(59)40(41(33(10)25-26-56)64-65(20,21)48(12,13)14)55(19)47(63)39(32(8)9)54(18)46(62)37(28-31(6)7)52(16)38(57)24-23-29(2)3/h26,29-33,35-37,39-41H,11,22-25,27-28H2,1-10,12-21H3,(H2,49,58)(H,50,59)/t33-,35+,36+,37+,39+,40+,41-/m1/s1. The number of nitrogens with zero attached hydrogens (tertiary/aromatic N) is 5. The number of likely N-dealkylation sites (N-methyl/N-ethyl adjacent to an activating group) is 5. The molecule has 0 spiro atoms. The van der Waals surface area contributed by atoms with E-state index >= 15 is 9.59 Å². The molecule has 0 aromatic rings. The Morgan fingerprint density at radius 2 is 1.22 bits per heavy atom. The molecule has 0 radical (unpaired) electrons. The molecule has 3 N–H and O–H groups in total. The summed E-state index contributed by atoms with van der Waals surface area (Å²) in [4.78, 5) is 117. The van der Waals surface area contributed by atoms with E-state index in [1.165, 1.54) is 42.9 Å². The molecule has 0 aliphatic rings. The monoisotopic (exact) mass is 936 g/mol. The van der Waals surface area contributed by atoms with Crippen LogP contribution in [0.4, 0.5) is 0 Å². The van der Waals surface area contributed by atoms with Gasteiger partial charge in [-0.3, -0.25) is 33.6 Å². The fourth-order valence-corrected chi connectivity index (χ4v) is 8.85. The highest BCUT2D eigenvalue weighted by atomic mass is 28.4. The van der Waals surface area contributed by atoms with Gasteiger partial charge >= 0.3 is 0 Å². The maximum atomic E-state index is 15.1. The maximum absolute atomic E-state index is 15.1. The lowest BCUT2D eigenvalue weighted by atomic mass is 9.92. The molecule has 0 bridgehead atoms. The molecule has 0 fully saturated rings. The molecule has 0 aromatic heterocycles. The number of rotatable bonds is 27. The predicted molar refractivity (Wildman–Crippen MR) is 259 cm³/mol. The van der Waals surface area contributed by atoms with Crippen LogP contribution in [0.1, 0.15) is 129 Å². The van der Waals surface area contributed by atoms with E-state index in [0.29, 0.717) is 19.3 Å². The molecule has 374 valence electrons. The summed E-state index contributed by atoms with van der Waals surface area (Å²) in [5.74, 6) is -4.73. The van der Waals surface area contributed by atoms with Crippen LogP contribution >= 0.6 is 0 Å². The van der Waals surface area contributed by atoms with Crippen molar-refractivity contribution in [3.05, 3.63) is 12.3 Å². The SMILES string of the molecule is C=C(C(=O)N(C)[C@@H](CC(C)C)C(N)=O)N(C)C(=O)[C@H](CC)NC(=O)[C@H]([C@H](O[Si](C)(C)C(C)(C)C)[C@H](C)CC=O)N(C)C(=O)[C@H](C(C)C)N(C)C(=O)[C@H](CC(C)C)N(C)C(=O)CCC(C)C. The van der Waals surface area contributed by atoms with Gasteiger partial charge in [-0.25, -0.2) is 0 Å². The van der Waals surface area contributed by atoms with Crippen molar-refractivity contribution < 1.29 is 42.8 Å². The lowest BCUT2D eigenvalue weighted by Crippen LogP contribution is -2.64. The van der Waals surface area contributed by atoms with E-state index in [9.17, 15) is 28.8 Å². The summed E-state index contributed by atoms with van der Waals surface area (Å²) in [6.45, 7) is 32.7. The van der Waals surface area contributed by atoms with Gasteiger partial charge in [0.1, 0.15) is 42.2 Å². The lowest BCUT2D eigenvalue weighted by molar-refractivity contribution is -0.156. The Labute approximate surface area is 393 Å². The molecule has 0 aliphatic carbocycles. The van der Waals surface area contributed by atoms with Crippen LogP contribution in [0.15, 0.2) is 12.3 Å². The molecule has 0 saturated heterocycles. The van der Waals surface area contributed by atoms with Crippen molar-refractivity contribution >= 4 is 56.0 Å². The first-order chi connectivity index (χ1) is 29.6. The fourth-order valence-electron chi connectivity index (χ4n) is 7.45. The minimum Gasteiger partial charge on any atom is -0.411 e. The summed E-state index contributed by atoms with van der Waals surface area (Å²) in [5, 5.41) is 2.48. The minimum atomic E-state index is -2.76. The summed E-state index contributed by atoms with van der Waals surface area (Å²) in [6.07, 6.45) is 1.32. The van der Waals surface area contributed by atoms with Crippen LogP contribution in [-0.4, -0.2) is 152 Å². The number of primary amides is 1. The van der Waals surface area contributed by atoms with Crippen molar-refractivity contribution in [2.45, 2.75) is 183 Å². The molecule has 16 nitrogen and oxygen atoms in total. The first-order valence-corrected chi connectivity index (χ1v) is 26.3. The van der Waals surface area contributed by atoms with Gasteiger partial charge in [-0.2, -0.15) is 0 Å². The number of aldehydes is 1. The lowest BCUT2D eigenvalue weighted by Gasteiger charge is -2.46. The normalized spacial score (nSPS) is 15.3. The molecule has 65 heavy (non-hydrogen) atoms. The number of nitrogens with two attached hydrogens (primary N) is 1. The van der Waals surface area contributed by atoms with Gasteiger partial charge in [0.2, 0.25) is 35.4 Å². The number of carbonyl (C=O) groups is 8. The minimum absolute atomic E-state index is 0.0113. The third-order valence-electron chi connectivity index (χ3n) is 12.9. The summed E-state index contributed by atoms with van der Waals surface area (Å²) in [7, 11) is 4.61. The van der Waals surface area contributed by atoms with Crippen LogP contribution in [-0.2, 0) is 42.8 Å². The molecular weight excluding hydrogens is 847 g/mol. The Kier molecular flexibility index (Phi) is 24.6.